The fourth-order valence-corrected chi connectivity index (χ4v) is 4.44. The number of rotatable bonds is 6. The van der Waals surface area contributed by atoms with Gasteiger partial charge in [-0.3, -0.25) is 0 Å². The molecule has 0 aliphatic carbocycles. The van der Waals surface area contributed by atoms with Gasteiger partial charge in [-0.2, -0.15) is 0 Å². The summed E-state index contributed by atoms with van der Waals surface area (Å²) in [6.45, 7) is 4.45. The van der Waals surface area contributed by atoms with Gasteiger partial charge in [0.1, 0.15) is 0 Å². The van der Waals surface area contributed by atoms with Gasteiger partial charge in [0.15, 0.2) is 0 Å². The molecule has 0 saturated heterocycles. The number of benzene rings is 3. The third-order valence-electron chi connectivity index (χ3n) is 6.01. The van der Waals surface area contributed by atoms with Crippen molar-refractivity contribution in [2.45, 2.75) is 39.5 Å². The predicted octanol–water partition coefficient (Wildman–Crippen LogP) is 7.48. The Labute approximate surface area is 178 Å². The van der Waals surface area contributed by atoms with Crippen LogP contribution in [0.25, 0.3) is 33.2 Å². The van der Waals surface area contributed by atoms with Crippen LogP contribution in [0.1, 0.15) is 37.8 Å². The van der Waals surface area contributed by atoms with E-state index < -0.39 is 0 Å². The Morgan fingerprint density at radius 2 is 0.933 bits per heavy atom. The zero-order valence-electron chi connectivity index (χ0n) is 17.8. The van der Waals surface area contributed by atoms with E-state index in [9.17, 15) is 0 Å². The lowest BCUT2D eigenvalue weighted by molar-refractivity contribution is 0.920. The topological polar surface area (TPSA) is 9.86 Å². The van der Waals surface area contributed by atoms with E-state index in [4.69, 9.17) is 0 Å². The summed E-state index contributed by atoms with van der Waals surface area (Å²) in [6.07, 6.45) is 9.01. The third-order valence-corrected chi connectivity index (χ3v) is 6.01. The summed E-state index contributed by atoms with van der Waals surface area (Å²) in [4.78, 5) is 0. The summed E-state index contributed by atoms with van der Waals surface area (Å²) in [7, 11) is 0. The molecule has 5 aromatic rings. The van der Waals surface area contributed by atoms with Crippen LogP contribution in [0.15, 0.2) is 85.2 Å². The van der Waals surface area contributed by atoms with Crippen molar-refractivity contribution in [3.05, 3.63) is 96.3 Å². The first kappa shape index (κ1) is 18.7. The first-order valence-corrected chi connectivity index (χ1v) is 11.1. The van der Waals surface area contributed by atoms with Crippen LogP contribution in [0.4, 0.5) is 0 Å². The van der Waals surface area contributed by atoms with E-state index in [0.717, 1.165) is 12.8 Å². The lowest BCUT2D eigenvalue weighted by atomic mass is 10.1. The lowest BCUT2D eigenvalue weighted by Gasteiger charge is -2.09. The van der Waals surface area contributed by atoms with Crippen molar-refractivity contribution in [2.75, 3.05) is 0 Å². The first-order chi connectivity index (χ1) is 14.8. The molecule has 0 saturated carbocycles. The smallest absolute Gasteiger partial charge is 0.0535 e. The summed E-state index contributed by atoms with van der Waals surface area (Å²) in [6, 6.07) is 27.0. The third kappa shape index (κ3) is 3.33. The second-order valence-electron chi connectivity index (χ2n) is 8.17. The Morgan fingerprint density at radius 1 is 0.533 bits per heavy atom. The largest absolute Gasteiger partial charge is 0.317 e. The molecule has 0 spiro atoms. The van der Waals surface area contributed by atoms with Crippen molar-refractivity contribution >= 4 is 21.8 Å². The maximum atomic E-state index is 2.31. The monoisotopic (exact) mass is 392 g/mol. The van der Waals surface area contributed by atoms with Crippen molar-refractivity contribution in [2.24, 2.45) is 0 Å². The van der Waals surface area contributed by atoms with E-state index in [-0.39, 0.29) is 0 Å². The minimum absolute atomic E-state index is 1.14. The minimum Gasteiger partial charge on any atom is -0.317 e. The highest BCUT2D eigenvalue weighted by atomic mass is 15.0. The molecule has 0 unspecified atom stereocenters. The standard InChI is InChI=1S/C28H28N2/c1-3-5-21-7-11-25(12-8-21)29-17-15-23-20-28-24(19-27(23)29)16-18-30(28)26-13-9-22(6-4-2)10-14-26/h7-20H,3-6H2,1-2H3. The van der Waals surface area contributed by atoms with E-state index in [2.05, 4.69) is 108 Å². The maximum absolute atomic E-state index is 2.31. The zero-order chi connectivity index (χ0) is 20.5. The Balaban J connectivity index is 1.55. The van der Waals surface area contributed by atoms with Gasteiger partial charge in [0.25, 0.3) is 0 Å². The molecule has 0 radical (unpaired) electrons. The molecular formula is C28H28N2. The number of nitrogens with zero attached hydrogens (tertiary/aromatic N) is 2. The van der Waals surface area contributed by atoms with Gasteiger partial charge < -0.3 is 9.13 Å². The average molecular weight is 393 g/mol. The normalized spacial score (nSPS) is 11.5. The molecule has 0 aliphatic heterocycles. The van der Waals surface area contributed by atoms with E-state index in [1.165, 1.54) is 57.1 Å². The molecule has 150 valence electrons. The molecule has 0 atom stereocenters. The zero-order valence-corrected chi connectivity index (χ0v) is 17.8. The SMILES string of the molecule is CCCc1ccc(-n2ccc3cc4c(ccn4-c4ccc(CCC)cc4)cc32)cc1. The Bertz CT molecular complexity index is 1180. The van der Waals surface area contributed by atoms with Crippen molar-refractivity contribution in [1.82, 2.24) is 9.13 Å². The van der Waals surface area contributed by atoms with Gasteiger partial charge in [-0.25, -0.2) is 0 Å². The Hall–Kier alpha value is -3.26. The molecule has 2 heterocycles. The van der Waals surface area contributed by atoms with Gasteiger partial charge in [0.2, 0.25) is 0 Å². The van der Waals surface area contributed by atoms with Gasteiger partial charge >= 0.3 is 0 Å². The number of hydrogen-bond acceptors (Lipinski definition) is 0. The van der Waals surface area contributed by atoms with Crippen LogP contribution in [-0.4, -0.2) is 9.13 Å². The van der Waals surface area contributed by atoms with Gasteiger partial charge in [-0.15, -0.1) is 0 Å². The highest BCUT2D eigenvalue weighted by Gasteiger charge is 2.09. The van der Waals surface area contributed by atoms with Gasteiger partial charge in [0, 0.05) is 34.5 Å². The first-order valence-electron chi connectivity index (χ1n) is 11.1. The molecule has 3 aromatic carbocycles. The van der Waals surface area contributed by atoms with Crippen LogP contribution in [0.3, 0.4) is 0 Å². The molecule has 2 heteroatoms. The highest BCUT2D eigenvalue weighted by Crippen LogP contribution is 2.29. The quantitative estimate of drug-likeness (QED) is 0.283. The summed E-state index contributed by atoms with van der Waals surface area (Å²) in [5.74, 6) is 0. The second-order valence-corrected chi connectivity index (χ2v) is 8.17. The van der Waals surface area contributed by atoms with Gasteiger partial charge in [-0.1, -0.05) is 51.0 Å². The number of aromatic nitrogens is 2. The van der Waals surface area contributed by atoms with Crippen LogP contribution >= 0.6 is 0 Å². The molecule has 0 N–H and O–H groups in total. The summed E-state index contributed by atoms with van der Waals surface area (Å²) in [5, 5.41) is 2.53. The van der Waals surface area contributed by atoms with Crippen LogP contribution in [0.5, 0.6) is 0 Å². The van der Waals surface area contributed by atoms with E-state index in [1.54, 1.807) is 0 Å². The van der Waals surface area contributed by atoms with Gasteiger partial charge in [0.05, 0.1) is 11.0 Å². The predicted molar refractivity (Wildman–Crippen MR) is 128 cm³/mol. The van der Waals surface area contributed by atoms with Crippen LogP contribution in [0.2, 0.25) is 0 Å². The number of aryl methyl sites for hydroxylation is 2. The van der Waals surface area contributed by atoms with Crippen LogP contribution in [-0.2, 0) is 12.8 Å². The fraction of sp³-hybridized carbons (Fsp3) is 0.214. The molecule has 0 fully saturated rings. The lowest BCUT2D eigenvalue weighted by Crippen LogP contribution is -1.94. The minimum atomic E-state index is 1.14. The second kappa shape index (κ2) is 7.87. The van der Waals surface area contributed by atoms with Crippen LogP contribution < -0.4 is 0 Å². The summed E-state index contributed by atoms with van der Waals surface area (Å²) in [5.41, 5.74) is 7.75. The molecule has 30 heavy (non-hydrogen) atoms. The summed E-state index contributed by atoms with van der Waals surface area (Å²) >= 11 is 0. The van der Waals surface area contributed by atoms with Crippen molar-refractivity contribution in [3.63, 3.8) is 0 Å². The molecule has 0 amide bonds. The van der Waals surface area contributed by atoms with Crippen molar-refractivity contribution < 1.29 is 0 Å². The van der Waals surface area contributed by atoms with Crippen molar-refractivity contribution in [3.8, 4) is 11.4 Å². The number of fused-ring (bicyclic) bond motifs is 2. The number of hydrogen-bond donors (Lipinski definition) is 0. The van der Waals surface area contributed by atoms with Crippen LogP contribution in [0, 0.1) is 0 Å². The molecule has 2 aromatic heterocycles. The van der Waals surface area contributed by atoms with E-state index >= 15 is 0 Å². The van der Waals surface area contributed by atoms with E-state index in [0.29, 0.717) is 0 Å². The van der Waals surface area contributed by atoms with Gasteiger partial charge in [-0.05, 0) is 72.5 Å². The molecule has 0 bridgehead atoms. The molecular weight excluding hydrogens is 364 g/mol. The molecule has 0 aliphatic rings. The maximum Gasteiger partial charge on any atom is 0.0535 e. The highest BCUT2D eigenvalue weighted by molar-refractivity contribution is 5.97. The van der Waals surface area contributed by atoms with Crippen molar-refractivity contribution in [1.29, 1.82) is 0 Å². The average Bonchev–Trinajstić information content (AvgIpc) is 3.37. The molecule has 2 nitrogen and oxygen atoms in total. The summed E-state index contributed by atoms with van der Waals surface area (Å²) < 4.78 is 4.59. The Kier molecular flexibility index (Phi) is 4.92. The molecule has 5 rings (SSSR count). The fourth-order valence-electron chi connectivity index (χ4n) is 4.44. The Morgan fingerprint density at radius 3 is 1.30 bits per heavy atom. The van der Waals surface area contributed by atoms with E-state index in [1.807, 2.05) is 0 Å².